The molecule has 1 aliphatic heterocycles. The number of benzene rings is 2. The lowest BCUT2D eigenvalue weighted by molar-refractivity contribution is 0.100. The number of nitrogens with zero attached hydrogens (tertiary/aromatic N) is 4. The Kier molecular flexibility index (Phi) is 5.15. The Morgan fingerprint density at radius 3 is 2.60 bits per heavy atom. The van der Waals surface area contributed by atoms with Crippen LogP contribution in [0.25, 0.3) is 22.4 Å². The van der Waals surface area contributed by atoms with E-state index in [1.54, 1.807) is 0 Å². The molecule has 3 heterocycles. The first kappa shape index (κ1) is 19.1. The molecule has 154 valence electrons. The highest BCUT2D eigenvalue weighted by molar-refractivity contribution is 5.82. The number of furan rings is 1. The average molecular weight is 401 g/mol. The van der Waals surface area contributed by atoms with Crippen molar-refractivity contribution in [3.63, 3.8) is 0 Å². The van der Waals surface area contributed by atoms with E-state index >= 15 is 0 Å². The normalized spacial score (nSPS) is 18.3. The molecule has 5 nitrogen and oxygen atoms in total. The lowest BCUT2D eigenvalue weighted by Gasteiger charge is -2.37. The largest absolute Gasteiger partial charge is 0.454 e. The van der Waals surface area contributed by atoms with Gasteiger partial charge < -0.3 is 9.32 Å². The fraction of sp³-hybridized carbons (Fsp3) is 0.320. The molecule has 0 unspecified atom stereocenters. The van der Waals surface area contributed by atoms with Gasteiger partial charge in [-0.25, -0.2) is 0 Å². The van der Waals surface area contributed by atoms with Crippen molar-refractivity contribution in [1.82, 2.24) is 19.6 Å². The van der Waals surface area contributed by atoms with Crippen molar-refractivity contribution in [2.24, 2.45) is 0 Å². The van der Waals surface area contributed by atoms with Crippen LogP contribution in [0.1, 0.15) is 18.1 Å². The predicted molar refractivity (Wildman–Crippen MR) is 120 cm³/mol. The molecule has 0 spiro atoms. The Morgan fingerprint density at radius 2 is 1.80 bits per heavy atom. The highest BCUT2D eigenvalue weighted by Crippen LogP contribution is 2.30. The second kappa shape index (κ2) is 8.09. The molecule has 0 amide bonds. The van der Waals surface area contributed by atoms with E-state index in [1.165, 1.54) is 11.1 Å². The summed E-state index contributed by atoms with van der Waals surface area (Å²) in [6.07, 6.45) is 2.19. The number of aromatic nitrogens is 2. The van der Waals surface area contributed by atoms with Gasteiger partial charge in [-0.15, -0.1) is 0 Å². The maximum Gasteiger partial charge on any atom is 0.156 e. The standard InChI is InChI=1S/C25H28N4O/c1-19-15-28(13-12-27(19)2)17-22-18-29(16-20-8-4-3-5-9-20)26-25(22)24-14-21-10-6-7-11-23(21)30-24/h3-11,14,18-19H,12-13,15-17H2,1-2H3/t19-/m1/s1. The summed E-state index contributed by atoms with van der Waals surface area (Å²) in [6.45, 7) is 7.18. The SMILES string of the molecule is C[C@@H]1CN(Cc2cn(Cc3ccccc3)nc2-c2cc3ccccc3o2)CCN1C. The molecule has 1 saturated heterocycles. The Bertz CT molecular complexity index is 1100. The van der Waals surface area contributed by atoms with Gasteiger partial charge in [0.15, 0.2) is 5.76 Å². The molecule has 1 aliphatic rings. The Balaban J connectivity index is 1.48. The monoisotopic (exact) mass is 400 g/mol. The van der Waals surface area contributed by atoms with Gasteiger partial charge in [-0.1, -0.05) is 48.5 Å². The molecule has 0 saturated carbocycles. The van der Waals surface area contributed by atoms with Crippen LogP contribution in [-0.4, -0.2) is 52.3 Å². The number of hydrogen-bond acceptors (Lipinski definition) is 4. The van der Waals surface area contributed by atoms with Crippen molar-refractivity contribution in [2.75, 3.05) is 26.7 Å². The summed E-state index contributed by atoms with van der Waals surface area (Å²) in [4.78, 5) is 4.95. The Morgan fingerprint density at radius 1 is 1.00 bits per heavy atom. The van der Waals surface area contributed by atoms with Crippen LogP contribution < -0.4 is 0 Å². The van der Waals surface area contributed by atoms with Crippen LogP contribution in [0.4, 0.5) is 0 Å². The number of hydrogen-bond donors (Lipinski definition) is 0. The van der Waals surface area contributed by atoms with Gasteiger partial charge in [-0.05, 0) is 31.7 Å². The molecule has 0 radical (unpaired) electrons. The molecule has 0 N–H and O–H groups in total. The van der Waals surface area contributed by atoms with Gasteiger partial charge in [0.2, 0.25) is 0 Å². The minimum atomic E-state index is 0.563. The zero-order chi connectivity index (χ0) is 20.5. The number of rotatable bonds is 5. The van der Waals surface area contributed by atoms with E-state index < -0.39 is 0 Å². The Labute approximate surface area is 177 Å². The number of piperazine rings is 1. The summed E-state index contributed by atoms with van der Waals surface area (Å²) in [7, 11) is 2.21. The van der Waals surface area contributed by atoms with Gasteiger partial charge in [-0.3, -0.25) is 9.58 Å². The summed E-state index contributed by atoms with van der Waals surface area (Å²) >= 11 is 0. The lowest BCUT2D eigenvalue weighted by atomic mass is 10.1. The van der Waals surface area contributed by atoms with Crippen LogP contribution in [0.2, 0.25) is 0 Å². The van der Waals surface area contributed by atoms with Gasteiger partial charge in [0.05, 0.1) is 6.54 Å². The molecule has 0 aliphatic carbocycles. The van der Waals surface area contributed by atoms with Crippen molar-refractivity contribution in [1.29, 1.82) is 0 Å². The smallest absolute Gasteiger partial charge is 0.156 e. The molecule has 2 aromatic heterocycles. The second-order valence-electron chi connectivity index (χ2n) is 8.40. The Hall–Kier alpha value is -2.89. The van der Waals surface area contributed by atoms with Crippen molar-refractivity contribution in [3.8, 4) is 11.5 Å². The van der Waals surface area contributed by atoms with E-state index in [-0.39, 0.29) is 0 Å². The molecule has 30 heavy (non-hydrogen) atoms. The van der Waals surface area contributed by atoms with E-state index in [4.69, 9.17) is 9.52 Å². The highest BCUT2D eigenvalue weighted by atomic mass is 16.3. The third-order valence-corrected chi connectivity index (χ3v) is 6.12. The summed E-state index contributed by atoms with van der Waals surface area (Å²) in [6, 6.07) is 21.3. The molecule has 2 aromatic carbocycles. The van der Waals surface area contributed by atoms with Crippen molar-refractivity contribution < 1.29 is 4.42 Å². The van der Waals surface area contributed by atoms with Crippen LogP contribution in [0.3, 0.4) is 0 Å². The fourth-order valence-corrected chi connectivity index (χ4v) is 4.24. The van der Waals surface area contributed by atoms with Gasteiger partial charge in [-0.2, -0.15) is 5.10 Å². The molecule has 1 atom stereocenters. The zero-order valence-electron chi connectivity index (χ0n) is 17.7. The van der Waals surface area contributed by atoms with Gasteiger partial charge in [0.1, 0.15) is 11.3 Å². The summed E-state index contributed by atoms with van der Waals surface area (Å²) in [5.41, 5.74) is 4.33. The summed E-state index contributed by atoms with van der Waals surface area (Å²) < 4.78 is 8.23. The summed E-state index contributed by atoms with van der Waals surface area (Å²) in [5, 5.41) is 6.07. The van der Waals surface area contributed by atoms with E-state index in [1.807, 2.05) is 28.9 Å². The molecule has 5 rings (SSSR count). The van der Waals surface area contributed by atoms with Crippen molar-refractivity contribution in [3.05, 3.63) is 78.0 Å². The first-order valence-corrected chi connectivity index (χ1v) is 10.7. The van der Waals surface area contributed by atoms with E-state index in [2.05, 4.69) is 66.4 Å². The molecule has 0 bridgehead atoms. The first-order valence-electron chi connectivity index (χ1n) is 10.7. The first-order chi connectivity index (χ1) is 14.7. The van der Waals surface area contributed by atoms with Crippen LogP contribution in [0, 0.1) is 0 Å². The van der Waals surface area contributed by atoms with Crippen molar-refractivity contribution >= 4 is 11.0 Å². The van der Waals surface area contributed by atoms with E-state index in [0.29, 0.717) is 6.04 Å². The van der Waals surface area contributed by atoms with Crippen LogP contribution >= 0.6 is 0 Å². The minimum Gasteiger partial charge on any atom is -0.454 e. The van der Waals surface area contributed by atoms with Gasteiger partial charge in [0, 0.05) is 49.4 Å². The average Bonchev–Trinajstić information content (AvgIpc) is 3.35. The maximum atomic E-state index is 6.18. The van der Waals surface area contributed by atoms with Crippen molar-refractivity contribution in [2.45, 2.75) is 26.1 Å². The van der Waals surface area contributed by atoms with Gasteiger partial charge in [0.25, 0.3) is 0 Å². The van der Waals surface area contributed by atoms with E-state index in [9.17, 15) is 0 Å². The minimum absolute atomic E-state index is 0.563. The number of likely N-dealkylation sites (N-methyl/N-ethyl adjacent to an activating group) is 1. The third kappa shape index (κ3) is 3.91. The van der Waals surface area contributed by atoms with E-state index in [0.717, 1.165) is 55.1 Å². The summed E-state index contributed by atoms with van der Waals surface area (Å²) in [5.74, 6) is 0.847. The van der Waals surface area contributed by atoms with Crippen LogP contribution in [0.5, 0.6) is 0 Å². The topological polar surface area (TPSA) is 37.4 Å². The molecule has 1 fully saturated rings. The molecule has 5 heteroatoms. The zero-order valence-corrected chi connectivity index (χ0v) is 17.7. The predicted octanol–water partition coefficient (Wildman–Crippen LogP) is 4.48. The third-order valence-electron chi connectivity index (χ3n) is 6.12. The quantitative estimate of drug-likeness (QED) is 0.495. The molecular formula is C25H28N4O. The van der Waals surface area contributed by atoms with Crippen LogP contribution in [-0.2, 0) is 13.1 Å². The second-order valence-corrected chi connectivity index (χ2v) is 8.40. The molecular weight excluding hydrogens is 372 g/mol. The highest BCUT2D eigenvalue weighted by Gasteiger charge is 2.23. The number of para-hydroxylation sites is 1. The maximum absolute atomic E-state index is 6.18. The van der Waals surface area contributed by atoms with Gasteiger partial charge >= 0.3 is 0 Å². The molecule has 4 aromatic rings. The lowest BCUT2D eigenvalue weighted by Crippen LogP contribution is -2.49. The number of fused-ring (bicyclic) bond motifs is 1. The fourth-order valence-electron chi connectivity index (χ4n) is 4.24. The van der Waals surface area contributed by atoms with Crippen LogP contribution in [0.15, 0.2) is 71.3 Å².